The highest BCUT2D eigenvalue weighted by atomic mass is 16.4. The highest BCUT2D eigenvalue weighted by Gasteiger charge is 2.15. The molecular formula is C26H32N4O2. The third-order valence-corrected chi connectivity index (χ3v) is 6.01. The third-order valence-electron chi connectivity index (χ3n) is 6.01. The number of amides is 1. The predicted molar refractivity (Wildman–Crippen MR) is 126 cm³/mol. The zero-order valence-corrected chi connectivity index (χ0v) is 19.0. The lowest BCUT2D eigenvalue weighted by Gasteiger charge is -2.30. The van der Waals surface area contributed by atoms with E-state index < -0.39 is 0 Å². The van der Waals surface area contributed by atoms with E-state index in [-0.39, 0.29) is 5.91 Å². The molecule has 2 heterocycles. The number of piperidine rings is 1. The first-order chi connectivity index (χ1) is 15.6. The van der Waals surface area contributed by atoms with Gasteiger partial charge in [-0.1, -0.05) is 24.6 Å². The molecule has 1 fully saturated rings. The van der Waals surface area contributed by atoms with Crippen LogP contribution in [0.4, 0.5) is 0 Å². The maximum Gasteiger partial charge on any atom is 0.251 e. The summed E-state index contributed by atoms with van der Waals surface area (Å²) in [4.78, 5) is 15.0. The molecule has 6 nitrogen and oxygen atoms in total. The quantitative estimate of drug-likeness (QED) is 0.510. The van der Waals surface area contributed by atoms with E-state index in [1.54, 1.807) is 12.1 Å². The Labute approximate surface area is 190 Å². The topological polar surface area (TPSA) is 71.3 Å². The van der Waals surface area contributed by atoms with E-state index >= 15 is 0 Å². The molecule has 4 rings (SSSR count). The van der Waals surface area contributed by atoms with Gasteiger partial charge in [-0.3, -0.25) is 4.79 Å². The summed E-state index contributed by atoms with van der Waals surface area (Å²) in [7, 11) is 0. The van der Waals surface area contributed by atoms with Gasteiger partial charge in [-0.2, -0.15) is 0 Å². The van der Waals surface area contributed by atoms with Crippen LogP contribution in [-0.4, -0.2) is 47.2 Å². The Morgan fingerprint density at radius 2 is 1.88 bits per heavy atom. The molecule has 1 saturated heterocycles. The molecule has 0 aliphatic carbocycles. The molecule has 1 amide bonds. The van der Waals surface area contributed by atoms with Crippen molar-refractivity contribution in [2.24, 2.45) is 5.92 Å². The molecule has 1 unspecified atom stereocenters. The number of aromatic nitrogens is 2. The lowest BCUT2D eigenvalue weighted by Crippen LogP contribution is -2.35. The highest BCUT2D eigenvalue weighted by Crippen LogP contribution is 2.24. The van der Waals surface area contributed by atoms with Crippen LogP contribution in [0.3, 0.4) is 0 Å². The number of likely N-dealkylation sites (tertiary alicyclic amines) is 1. The Morgan fingerprint density at radius 3 is 2.62 bits per heavy atom. The lowest BCUT2D eigenvalue weighted by molar-refractivity contribution is 0.0952. The van der Waals surface area contributed by atoms with E-state index in [1.165, 1.54) is 25.9 Å². The van der Waals surface area contributed by atoms with Crippen molar-refractivity contribution < 1.29 is 9.21 Å². The van der Waals surface area contributed by atoms with Crippen LogP contribution in [0.15, 0.2) is 52.9 Å². The summed E-state index contributed by atoms with van der Waals surface area (Å²) in [5.41, 5.74) is 3.47. The minimum atomic E-state index is -0.0471. The van der Waals surface area contributed by atoms with Crippen LogP contribution < -0.4 is 5.32 Å². The van der Waals surface area contributed by atoms with Gasteiger partial charge in [-0.15, -0.1) is 10.2 Å². The van der Waals surface area contributed by atoms with Gasteiger partial charge < -0.3 is 14.6 Å². The van der Waals surface area contributed by atoms with Crippen LogP contribution in [0.25, 0.3) is 22.9 Å². The Hall–Kier alpha value is -2.99. The first kappa shape index (κ1) is 22.2. The van der Waals surface area contributed by atoms with Crippen molar-refractivity contribution in [2.75, 3.05) is 26.2 Å². The molecule has 168 valence electrons. The Bertz CT molecular complexity index is 1030. The van der Waals surface area contributed by atoms with Gasteiger partial charge in [-0.25, -0.2) is 0 Å². The number of nitrogens with one attached hydrogen (secondary N) is 1. The van der Waals surface area contributed by atoms with Crippen molar-refractivity contribution in [2.45, 2.75) is 39.5 Å². The fourth-order valence-electron chi connectivity index (χ4n) is 4.25. The van der Waals surface area contributed by atoms with Crippen LogP contribution in [0.5, 0.6) is 0 Å². The fourth-order valence-corrected chi connectivity index (χ4v) is 4.25. The van der Waals surface area contributed by atoms with Crippen LogP contribution in [0.1, 0.15) is 48.5 Å². The van der Waals surface area contributed by atoms with Crippen molar-refractivity contribution in [1.82, 2.24) is 20.4 Å². The van der Waals surface area contributed by atoms with E-state index in [0.717, 1.165) is 42.0 Å². The van der Waals surface area contributed by atoms with Crippen LogP contribution in [0.2, 0.25) is 0 Å². The standard InChI is InChI=1S/C26H32N4O2/c1-19-7-5-9-23(17-19)26-29-28-25(32-26)22-12-10-21(11-13-22)24(31)27-14-3-4-15-30-16-6-8-20(2)18-30/h5,7,9-13,17,20H,3-4,6,8,14-16,18H2,1-2H3,(H,27,31). The zero-order valence-electron chi connectivity index (χ0n) is 19.0. The van der Waals surface area contributed by atoms with Gasteiger partial charge in [0.2, 0.25) is 11.8 Å². The van der Waals surface area contributed by atoms with Crippen LogP contribution in [-0.2, 0) is 0 Å². The molecule has 1 atom stereocenters. The second-order valence-electron chi connectivity index (χ2n) is 8.87. The molecule has 0 saturated carbocycles. The molecule has 1 aliphatic rings. The summed E-state index contributed by atoms with van der Waals surface area (Å²) in [5.74, 6) is 1.70. The lowest BCUT2D eigenvalue weighted by atomic mass is 10.0. The largest absolute Gasteiger partial charge is 0.416 e. The average Bonchev–Trinajstić information content (AvgIpc) is 3.29. The highest BCUT2D eigenvalue weighted by molar-refractivity contribution is 5.94. The molecule has 6 heteroatoms. The summed E-state index contributed by atoms with van der Waals surface area (Å²) in [6, 6.07) is 15.3. The molecule has 0 bridgehead atoms. The summed E-state index contributed by atoms with van der Waals surface area (Å²) < 4.78 is 5.83. The number of aryl methyl sites for hydroxylation is 1. The fraction of sp³-hybridized carbons (Fsp3) is 0.423. The minimum Gasteiger partial charge on any atom is -0.416 e. The monoisotopic (exact) mass is 432 g/mol. The van der Waals surface area contributed by atoms with Crippen LogP contribution in [0, 0.1) is 12.8 Å². The number of unbranched alkanes of at least 4 members (excludes halogenated alkanes) is 1. The number of hydrogen-bond acceptors (Lipinski definition) is 5. The van der Waals surface area contributed by atoms with Crippen molar-refractivity contribution in [3.63, 3.8) is 0 Å². The maximum atomic E-state index is 12.4. The molecule has 1 aromatic heterocycles. The minimum absolute atomic E-state index is 0.0471. The second-order valence-corrected chi connectivity index (χ2v) is 8.87. The molecule has 32 heavy (non-hydrogen) atoms. The molecule has 0 spiro atoms. The molecule has 1 aliphatic heterocycles. The molecule has 1 N–H and O–H groups in total. The average molecular weight is 433 g/mol. The zero-order chi connectivity index (χ0) is 22.3. The first-order valence-corrected chi connectivity index (χ1v) is 11.6. The van der Waals surface area contributed by atoms with Crippen molar-refractivity contribution >= 4 is 5.91 Å². The SMILES string of the molecule is Cc1cccc(-c2nnc(-c3ccc(C(=O)NCCCCN4CCCC(C)C4)cc3)o2)c1. The van der Waals surface area contributed by atoms with Gasteiger partial charge >= 0.3 is 0 Å². The Balaban J connectivity index is 1.25. The summed E-state index contributed by atoms with van der Waals surface area (Å²) >= 11 is 0. The maximum absolute atomic E-state index is 12.4. The number of hydrogen-bond donors (Lipinski definition) is 1. The molecular weight excluding hydrogens is 400 g/mol. The Kier molecular flexibility index (Phi) is 7.32. The van der Waals surface area contributed by atoms with Crippen molar-refractivity contribution in [1.29, 1.82) is 0 Å². The number of rotatable bonds is 8. The van der Waals surface area contributed by atoms with E-state index in [0.29, 0.717) is 23.9 Å². The van der Waals surface area contributed by atoms with Gasteiger partial charge in [0.05, 0.1) is 0 Å². The van der Waals surface area contributed by atoms with Crippen molar-refractivity contribution in [3.8, 4) is 22.9 Å². The summed E-state index contributed by atoms with van der Waals surface area (Å²) in [6.45, 7) is 8.62. The molecule has 3 aromatic rings. The van der Waals surface area contributed by atoms with Gasteiger partial charge in [0.1, 0.15) is 0 Å². The van der Waals surface area contributed by atoms with Gasteiger partial charge in [0.15, 0.2) is 0 Å². The summed E-state index contributed by atoms with van der Waals surface area (Å²) in [6.07, 6.45) is 4.78. The van der Waals surface area contributed by atoms with Crippen LogP contribution >= 0.6 is 0 Å². The number of carbonyl (C=O) groups is 1. The van der Waals surface area contributed by atoms with E-state index in [2.05, 4.69) is 27.3 Å². The number of nitrogens with zero attached hydrogens (tertiary/aromatic N) is 3. The van der Waals surface area contributed by atoms with Gasteiger partial charge in [0.25, 0.3) is 5.91 Å². The van der Waals surface area contributed by atoms with E-state index in [1.807, 2.05) is 43.3 Å². The van der Waals surface area contributed by atoms with Crippen molar-refractivity contribution in [3.05, 3.63) is 59.7 Å². The molecule has 0 radical (unpaired) electrons. The van der Waals surface area contributed by atoms with E-state index in [9.17, 15) is 4.79 Å². The molecule has 2 aromatic carbocycles. The smallest absolute Gasteiger partial charge is 0.251 e. The number of carbonyl (C=O) groups excluding carboxylic acids is 1. The normalized spacial score (nSPS) is 16.8. The predicted octanol–water partition coefficient (Wildman–Crippen LogP) is 4.95. The number of benzene rings is 2. The third kappa shape index (κ3) is 5.82. The Morgan fingerprint density at radius 1 is 1.09 bits per heavy atom. The first-order valence-electron chi connectivity index (χ1n) is 11.6. The second kappa shape index (κ2) is 10.6. The van der Waals surface area contributed by atoms with Gasteiger partial charge in [-0.05, 0) is 88.0 Å². The summed E-state index contributed by atoms with van der Waals surface area (Å²) in [5, 5.41) is 11.3. The van der Waals surface area contributed by atoms with Gasteiger partial charge in [0, 0.05) is 29.8 Å². The van der Waals surface area contributed by atoms with E-state index in [4.69, 9.17) is 4.42 Å².